The van der Waals surface area contributed by atoms with Gasteiger partial charge < -0.3 is 10.7 Å². The fourth-order valence-corrected chi connectivity index (χ4v) is 1.40. The van der Waals surface area contributed by atoms with Crippen molar-refractivity contribution in [3.8, 4) is 0 Å². The molecule has 3 nitrogen and oxygen atoms in total. The predicted octanol–water partition coefficient (Wildman–Crippen LogP) is 1.91. The van der Waals surface area contributed by atoms with Crippen LogP contribution < -0.4 is 5.73 Å². The van der Waals surface area contributed by atoms with Gasteiger partial charge in [0.15, 0.2) is 4.73 Å². The van der Waals surface area contributed by atoms with Crippen LogP contribution in [-0.2, 0) is 0 Å². The lowest BCUT2D eigenvalue weighted by Crippen LogP contribution is -1.82. The fraction of sp³-hybridized carbons (Fsp3) is 0. The third-order valence-corrected chi connectivity index (χ3v) is 1.85. The van der Waals surface area contributed by atoms with Crippen molar-refractivity contribution in [2.24, 2.45) is 0 Å². The first kappa shape index (κ1) is 6.67. The average molecular weight is 212 g/mol. The normalized spacial score (nSPS) is 10.6. The summed E-state index contributed by atoms with van der Waals surface area (Å²) in [6.45, 7) is 0. The molecular weight excluding hydrogens is 206 g/mol. The van der Waals surface area contributed by atoms with E-state index in [1.165, 1.54) is 0 Å². The highest BCUT2D eigenvalue weighted by molar-refractivity contribution is 9.10. The van der Waals surface area contributed by atoms with Gasteiger partial charge in [-0.25, -0.2) is 4.98 Å². The number of anilines is 1. The number of hydrogen-bond acceptors (Lipinski definition) is 2. The van der Waals surface area contributed by atoms with E-state index in [0.29, 0.717) is 0 Å². The zero-order valence-electron chi connectivity index (χ0n) is 5.63. The van der Waals surface area contributed by atoms with Gasteiger partial charge in [0.25, 0.3) is 0 Å². The molecule has 3 N–H and O–H groups in total. The van der Waals surface area contributed by atoms with E-state index in [4.69, 9.17) is 5.73 Å². The highest BCUT2D eigenvalue weighted by Crippen LogP contribution is 2.16. The summed E-state index contributed by atoms with van der Waals surface area (Å²) in [7, 11) is 0. The minimum absolute atomic E-state index is 0.734. The molecule has 0 fully saturated rings. The van der Waals surface area contributed by atoms with Gasteiger partial charge in [-0.15, -0.1) is 0 Å². The summed E-state index contributed by atoms with van der Waals surface area (Å²) in [6.07, 6.45) is 0. The van der Waals surface area contributed by atoms with Crippen molar-refractivity contribution in [2.45, 2.75) is 0 Å². The van der Waals surface area contributed by atoms with Crippen LogP contribution in [0.3, 0.4) is 0 Å². The fourth-order valence-electron chi connectivity index (χ4n) is 0.996. The van der Waals surface area contributed by atoms with Gasteiger partial charge in [-0.3, -0.25) is 0 Å². The van der Waals surface area contributed by atoms with E-state index in [9.17, 15) is 0 Å². The molecule has 0 aliphatic heterocycles. The minimum atomic E-state index is 0.734. The summed E-state index contributed by atoms with van der Waals surface area (Å²) in [5.74, 6) is 0. The molecule has 0 amide bonds. The zero-order valence-corrected chi connectivity index (χ0v) is 7.22. The average Bonchev–Trinajstić information content (AvgIpc) is 2.27. The van der Waals surface area contributed by atoms with Crippen LogP contribution in [-0.4, -0.2) is 9.97 Å². The second-order valence-electron chi connectivity index (χ2n) is 2.30. The second kappa shape index (κ2) is 2.23. The van der Waals surface area contributed by atoms with Crippen LogP contribution in [0.25, 0.3) is 11.0 Å². The van der Waals surface area contributed by atoms with Gasteiger partial charge in [-0.05, 0) is 34.1 Å². The lowest BCUT2D eigenvalue weighted by atomic mass is 10.3. The molecule has 11 heavy (non-hydrogen) atoms. The summed E-state index contributed by atoms with van der Waals surface area (Å²) in [6, 6.07) is 5.56. The molecule has 0 atom stereocenters. The Hall–Kier alpha value is -1.03. The summed E-state index contributed by atoms with van der Waals surface area (Å²) < 4.78 is 0.734. The van der Waals surface area contributed by atoms with E-state index in [1.807, 2.05) is 18.2 Å². The molecule has 0 aliphatic rings. The third kappa shape index (κ3) is 1.09. The number of benzene rings is 1. The Morgan fingerprint density at radius 1 is 1.45 bits per heavy atom. The van der Waals surface area contributed by atoms with Gasteiger partial charge in [-0.1, -0.05) is 0 Å². The van der Waals surface area contributed by atoms with Crippen LogP contribution in [0, 0.1) is 0 Å². The number of hydrogen-bond donors (Lipinski definition) is 2. The summed E-state index contributed by atoms with van der Waals surface area (Å²) in [5, 5.41) is 0. The van der Waals surface area contributed by atoms with Crippen LogP contribution >= 0.6 is 15.9 Å². The van der Waals surface area contributed by atoms with E-state index in [2.05, 4.69) is 25.9 Å². The Balaban J connectivity index is 2.82. The minimum Gasteiger partial charge on any atom is -0.399 e. The Kier molecular flexibility index (Phi) is 1.35. The first-order valence-corrected chi connectivity index (χ1v) is 3.96. The number of aromatic nitrogens is 2. The first-order valence-electron chi connectivity index (χ1n) is 3.16. The molecule has 4 heteroatoms. The maximum absolute atomic E-state index is 5.57. The second-order valence-corrected chi connectivity index (χ2v) is 3.06. The number of nitrogen functional groups attached to an aromatic ring is 1. The molecule has 0 saturated carbocycles. The number of aromatic amines is 1. The summed E-state index contributed by atoms with van der Waals surface area (Å²) in [4.78, 5) is 7.18. The largest absolute Gasteiger partial charge is 0.399 e. The SMILES string of the molecule is Nc1ccc2nc(Br)[nH]c2c1. The molecule has 0 radical (unpaired) electrons. The van der Waals surface area contributed by atoms with Crippen LogP contribution in [0.4, 0.5) is 5.69 Å². The van der Waals surface area contributed by atoms with Gasteiger partial charge in [0.05, 0.1) is 11.0 Å². The molecular formula is C7H6BrN3. The van der Waals surface area contributed by atoms with Crippen LogP contribution in [0.5, 0.6) is 0 Å². The number of nitrogens with zero attached hydrogens (tertiary/aromatic N) is 1. The van der Waals surface area contributed by atoms with Gasteiger partial charge in [0.1, 0.15) is 0 Å². The first-order chi connectivity index (χ1) is 5.25. The Morgan fingerprint density at radius 2 is 2.27 bits per heavy atom. The van der Waals surface area contributed by atoms with Crippen molar-refractivity contribution < 1.29 is 0 Å². The van der Waals surface area contributed by atoms with E-state index < -0.39 is 0 Å². The Labute approximate surface area is 71.7 Å². The zero-order chi connectivity index (χ0) is 7.84. The standard InChI is InChI=1S/C7H6BrN3/c8-7-10-5-2-1-4(9)3-6(5)11-7/h1-3H,9H2,(H,10,11). The Morgan fingerprint density at radius 3 is 3.09 bits per heavy atom. The van der Waals surface area contributed by atoms with Crippen molar-refractivity contribution >= 4 is 32.7 Å². The highest BCUT2D eigenvalue weighted by atomic mass is 79.9. The molecule has 1 aromatic carbocycles. The molecule has 0 saturated heterocycles. The number of imidazole rings is 1. The van der Waals surface area contributed by atoms with Crippen molar-refractivity contribution in [3.05, 3.63) is 22.9 Å². The molecule has 2 rings (SSSR count). The maximum Gasteiger partial charge on any atom is 0.175 e. The molecule has 0 bridgehead atoms. The monoisotopic (exact) mass is 211 g/mol. The smallest absolute Gasteiger partial charge is 0.175 e. The quantitative estimate of drug-likeness (QED) is 0.655. The molecule has 0 aliphatic carbocycles. The number of nitrogens with two attached hydrogens (primary N) is 1. The molecule has 1 heterocycles. The Bertz CT molecular complexity index is 393. The van der Waals surface area contributed by atoms with Crippen molar-refractivity contribution in [1.82, 2.24) is 9.97 Å². The maximum atomic E-state index is 5.57. The highest BCUT2D eigenvalue weighted by Gasteiger charge is 1.98. The number of nitrogens with one attached hydrogen (secondary N) is 1. The molecule has 2 aromatic rings. The molecule has 1 aromatic heterocycles. The van der Waals surface area contributed by atoms with Crippen LogP contribution in [0.15, 0.2) is 22.9 Å². The molecule has 56 valence electrons. The number of halogens is 1. The summed E-state index contributed by atoms with van der Waals surface area (Å²) in [5.41, 5.74) is 8.19. The third-order valence-electron chi connectivity index (χ3n) is 1.48. The van der Waals surface area contributed by atoms with Crippen LogP contribution in [0.2, 0.25) is 0 Å². The number of rotatable bonds is 0. The van der Waals surface area contributed by atoms with Crippen molar-refractivity contribution in [2.75, 3.05) is 5.73 Å². The van der Waals surface area contributed by atoms with E-state index in [1.54, 1.807) is 0 Å². The van der Waals surface area contributed by atoms with E-state index in [0.717, 1.165) is 21.5 Å². The summed E-state index contributed by atoms with van der Waals surface area (Å²) >= 11 is 3.24. The lowest BCUT2D eigenvalue weighted by Gasteiger charge is -1.89. The topological polar surface area (TPSA) is 54.7 Å². The molecule has 0 unspecified atom stereocenters. The predicted molar refractivity (Wildman–Crippen MR) is 48.2 cm³/mol. The van der Waals surface area contributed by atoms with E-state index in [-0.39, 0.29) is 0 Å². The van der Waals surface area contributed by atoms with Gasteiger partial charge in [0.2, 0.25) is 0 Å². The van der Waals surface area contributed by atoms with Crippen molar-refractivity contribution in [1.29, 1.82) is 0 Å². The van der Waals surface area contributed by atoms with Crippen molar-refractivity contribution in [3.63, 3.8) is 0 Å². The number of H-pyrrole nitrogens is 1. The lowest BCUT2D eigenvalue weighted by molar-refractivity contribution is 1.27. The van der Waals surface area contributed by atoms with Gasteiger partial charge in [-0.2, -0.15) is 0 Å². The van der Waals surface area contributed by atoms with Crippen LogP contribution in [0.1, 0.15) is 0 Å². The van der Waals surface area contributed by atoms with Gasteiger partial charge in [0, 0.05) is 5.69 Å². The number of fused-ring (bicyclic) bond motifs is 1. The van der Waals surface area contributed by atoms with Gasteiger partial charge >= 0.3 is 0 Å². The van der Waals surface area contributed by atoms with E-state index >= 15 is 0 Å². The molecule has 0 spiro atoms.